The van der Waals surface area contributed by atoms with E-state index in [1.807, 2.05) is 18.2 Å². The molecule has 0 heterocycles. The molecule has 0 fully saturated rings. The molecule has 1 aromatic rings. The first-order chi connectivity index (χ1) is 4.79. The van der Waals surface area contributed by atoms with Crippen molar-refractivity contribution < 1.29 is 26.7 Å². The Kier molecular flexibility index (Phi) is 4.57. The van der Waals surface area contributed by atoms with E-state index in [-0.39, 0.29) is 23.2 Å². The Hall–Kier alpha value is -0.804. The molecule has 0 saturated carbocycles. The van der Waals surface area contributed by atoms with Crippen molar-refractivity contribution in [3.63, 3.8) is 0 Å². The van der Waals surface area contributed by atoms with Crippen molar-refractivity contribution in [1.29, 1.82) is 0 Å². The van der Waals surface area contributed by atoms with Crippen LogP contribution in [0.4, 0.5) is 0 Å². The van der Waals surface area contributed by atoms with Gasteiger partial charge in [-0.3, -0.25) is 4.79 Å². The molecular formula is C8H8CoO2. The van der Waals surface area contributed by atoms with E-state index < -0.39 is 5.97 Å². The van der Waals surface area contributed by atoms with Crippen molar-refractivity contribution in [2.45, 2.75) is 6.42 Å². The molecule has 11 heavy (non-hydrogen) atoms. The molecule has 1 rings (SSSR count). The first-order valence-corrected chi connectivity index (χ1v) is 3.05. The van der Waals surface area contributed by atoms with Gasteiger partial charge in [-0.25, -0.2) is 0 Å². The van der Waals surface area contributed by atoms with Crippen molar-refractivity contribution in [1.82, 2.24) is 0 Å². The Morgan fingerprint density at radius 3 is 2.27 bits per heavy atom. The summed E-state index contributed by atoms with van der Waals surface area (Å²) in [6, 6.07) is 9.13. The normalized spacial score (nSPS) is 8.36. The van der Waals surface area contributed by atoms with Gasteiger partial charge in [0.2, 0.25) is 0 Å². The Bertz CT molecular complexity index is 221. The average molecular weight is 195 g/mol. The third-order valence-electron chi connectivity index (χ3n) is 1.20. The van der Waals surface area contributed by atoms with Gasteiger partial charge in [0, 0.05) is 16.8 Å². The van der Waals surface area contributed by atoms with Gasteiger partial charge in [-0.05, 0) is 5.56 Å². The Balaban J connectivity index is 0.000001000. The van der Waals surface area contributed by atoms with Crippen LogP contribution in [-0.2, 0) is 28.0 Å². The number of hydrogen-bond acceptors (Lipinski definition) is 1. The molecule has 0 atom stereocenters. The van der Waals surface area contributed by atoms with E-state index in [2.05, 4.69) is 0 Å². The Morgan fingerprint density at radius 1 is 1.27 bits per heavy atom. The molecule has 0 aromatic heterocycles. The summed E-state index contributed by atoms with van der Waals surface area (Å²) in [6.07, 6.45) is 0.112. The van der Waals surface area contributed by atoms with Crippen molar-refractivity contribution >= 4 is 5.97 Å². The summed E-state index contributed by atoms with van der Waals surface area (Å²) in [5.74, 6) is -0.786. The molecule has 0 aliphatic carbocycles. The van der Waals surface area contributed by atoms with E-state index in [0.29, 0.717) is 0 Å². The summed E-state index contributed by atoms with van der Waals surface area (Å²) >= 11 is 0. The molecule has 0 spiro atoms. The van der Waals surface area contributed by atoms with E-state index >= 15 is 0 Å². The van der Waals surface area contributed by atoms with Gasteiger partial charge in [-0.15, -0.1) is 0 Å². The second-order valence-electron chi connectivity index (χ2n) is 2.06. The summed E-state index contributed by atoms with van der Waals surface area (Å²) in [4.78, 5) is 10.2. The first-order valence-electron chi connectivity index (χ1n) is 3.05. The molecule has 0 aliphatic rings. The fraction of sp³-hybridized carbons (Fsp3) is 0.125. The zero-order valence-corrected chi connectivity index (χ0v) is 6.82. The summed E-state index contributed by atoms with van der Waals surface area (Å²) in [6.45, 7) is 0. The van der Waals surface area contributed by atoms with Crippen LogP contribution in [0.1, 0.15) is 5.56 Å². The fourth-order valence-corrected chi connectivity index (χ4v) is 0.770. The van der Waals surface area contributed by atoms with Gasteiger partial charge < -0.3 is 5.11 Å². The molecule has 2 nitrogen and oxygen atoms in total. The van der Waals surface area contributed by atoms with E-state index in [9.17, 15) is 4.79 Å². The van der Waals surface area contributed by atoms with E-state index in [0.717, 1.165) is 5.56 Å². The van der Waals surface area contributed by atoms with Crippen LogP contribution in [0.15, 0.2) is 30.3 Å². The fourth-order valence-electron chi connectivity index (χ4n) is 0.770. The van der Waals surface area contributed by atoms with Crippen molar-refractivity contribution in [3.8, 4) is 0 Å². The number of carboxylic acids is 1. The summed E-state index contributed by atoms with van der Waals surface area (Å²) in [5.41, 5.74) is 0.843. The molecule has 61 valence electrons. The molecule has 1 radical (unpaired) electrons. The van der Waals surface area contributed by atoms with Crippen LogP contribution in [0.3, 0.4) is 0 Å². The van der Waals surface area contributed by atoms with E-state index in [4.69, 9.17) is 5.11 Å². The zero-order valence-electron chi connectivity index (χ0n) is 5.78. The van der Waals surface area contributed by atoms with Crippen molar-refractivity contribution in [2.75, 3.05) is 0 Å². The smallest absolute Gasteiger partial charge is 0.307 e. The number of carbonyl (C=O) groups is 1. The predicted octanol–water partition coefficient (Wildman–Crippen LogP) is 1.31. The van der Waals surface area contributed by atoms with Crippen molar-refractivity contribution in [3.05, 3.63) is 35.9 Å². The quantitative estimate of drug-likeness (QED) is 0.772. The number of carboxylic acid groups (broad SMARTS) is 1. The van der Waals surface area contributed by atoms with Gasteiger partial charge in [0.15, 0.2) is 0 Å². The molecule has 0 aliphatic heterocycles. The third-order valence-corrected chi connectivity index (χ3v) is 1.20. The second kappa shape index (κ2) is 4.93. The second-order valence-corrected chi connectivity index (χ2v) is 2.06. The van der Waals surface area contributed by atoms with Crippen LogP contribution in [0.5, 0.6) is 0 Å². The zero-order chi connectivity index (χ0) is 7.40. The molecule has 1 N–H and O–H groups in total. The number of benzene rings is 1. The van der Waals surface area contributed by atoms with E-state index in [1.54, 1.807) is 12.1 Å². The largest absolute Gasteiger partial charge is 0.481 e. The monoisotopic (exact) mass is 195 g/mol. The van der Waals surface area contributed by atoms with Crippen LogP contribution in [0, 0.1) is 0 Å². The van der Waals surface area contributed by atoms with Crippen LogP contribution < -0.4 is 0 Å². The molecule has 0 saturated heterocycles. The maximum Gasteiger partial charge on any atom is 0.307 e. The summed E-state index contributed by atoms with van der Waals surface area (Å²) < 4.78 is 0. The average Bonchev–Trinajstić information content (AvgIpc) is 1.88. The Morgan fingerprint density at radius 2 is 1.82 bits per heavy atom. The molecule has 0 bridgehead atoms. The van der Waals surface area contributed by atoms with Gasteiger partial charge in [-0.1, -0.05) is 30.3 Å². The SMILES string of the molecule is O=C(O)Cc1ccccc1.[Co]. The number of aliphatic carboxylic acids is 1. The maximum atomic E-state index is 10.2. The minimum atomic E-state index is -0.786. The third kappa shape index (κ3) is 3.80. The van der Waals surface area contributed by atoms with E-state index in [1.165, 1.54) is 0 Å². The minimum Gasteiger partial charge on any atom is -0.481 e. The standard InChI is InChI=1S/C8H8O2.Co/c9-8(10)6-7-4-2-1-3-5-7;/h1-5H,6H2,(H,9,10);. The predicted molar refractivity (Wildman–Crippen MR) is 37.8 cm³/mol. The minimum absolute atomic E-state index is 0. The van der Waals surface area contributed by atoms with Gasteiger partial charge in [0.05, 0.1) is 6.42 Å². The van der Waals surface area contributed by atoms with Crippen molar-refractivity contribution in [2.24, 2.45) is 0 Å². The molecule has 3 heteroatoms. The first kappa shape index (κ1) is 10.2. The maximum absolute atomic E-state index is 10.2. The summed E-state index contributed by atoms with van der Waals surface area (Å²) in [5, 5.41) is 8.37. The summed E-state index contributed by atoms with van der Waals surface area (Å²) in [7, 11) is 0. The van der Waals surface area contributed by atoms with Crippen LogP contribution in [-0.4, -0.2) is 11.1 Å². The molecular weight excluding hydrogens is 187 g/mol. The molecule has 0 amide bonds. The van der Waals surface area contributed by atoms with Gasteiger partial charge in [0.25, 0.3) is 0 Å². The molecule has 1 aromatic carbocycles. The van der Waals surface area contributed by atoms with Gasteiger partial charge in [-0.2, -0.15) is 0 Å². The van der Waals surface area contributed by atoms with Gasteiger partial charge >= 0.3 is 5.97 Å². The molecule has 0 unspecified atom stereocenters. The topological polar surface area (TPSA) is 37.3 Å². The van der Waals surface area contributed by atoms with Gasteiger partial charge in [0.1, 0.15) is 0 Å². The van der Waals surface area contributed by atoms with Crippen LogP contribution in [0.25, 0.3) is 0 Å². The number of rotatable bonds is 2. The Labute approximate surface area is 75.4 Å². The van der Waals surface area contributed by atoms with Crippen LogP contribution in [0.2, 0.25) is 0 Å². The van der Waals surface area contributed by atoms with Crippen LogP contribution >= 0.6 is 0 Å². The number of hydrogen-bond donors (Lipinski definition) is 1.